The number of esters is 1. The molecule has 222 valence electrons. The molecule has 11 nitrogen and oxygen atoms in total. The van der Waals surface area contributed by atoms with Crippen LogP contribution in [-0.2, 0) is 24.6 Å². The zero-order chi connectivity index (χ0) is 30.5. The highest BCUT2D eigenvalue weighted by Gasteiger charge is 2.33. The highest BCUT2D eigenvalue weighted by molar-refractivity contribution is 7.94. The first-order valence-electron chi connectivity index (χ1n) is 11.8. The molecule has 0 amide bonds. The molecule has 2 aromatic rings. The molecule has 0 aliphatic carbocycles. The average molecular weight is 627 g/mol. The van der Waals surface area contributed by atoms with Crippen LogP contribution in [0.1, 0.15) is 49.5 Å². The summed E-state index contributed by atoms with van der Waals surface area (Å²) in [5.41, 5.74) is -1.88. The second-order valence-corrected chi connectivity index (χ2v) is 13.9. The van der Waals surface area contributed by atoms with Gasteiger partial charge in [-0.2, -0.15) is 4.72 Å². The van der Waals surface area contributed by atoms with Gasteiger partial charge < -0.3 is 9.47 Å². The van der Waals surface area contributed by atoms with E-state index in [1.165, 1.54) is 25.1 Å². The number of benzene rings is 2. The Kier molecular flexibility index (Phi) is 11.0. The molecule has 1 atom stereocenters. The van der Waals surface area contributed by atoms with Crippen LogP contribution in [0.4, 0.5) is 14.5 Å². The normalized spacial score (nSPS) is 13.1. The summed E-state index contributed by atoms with van der Waals surface area (Å²) in [6.45, 7) is 3.97. The first kappa shape index (κ1) is 33.3. The zero-order valence-corrected chi connectivity index (χ0v) is 24.5. The van der Waals surface area contributed by atoms with E-state index < -0.39 is 89.3 Å². The number of rotatable bonds is 13. The number of hydrogen-bond acceptors (Lipinski definition) is 9. The van der Waals surface area contributed by atoms with Gasteiger partial charge in [-0.1, -0.05) is 17.7 Å². The van der Waals surface area contributed by atoms with Crippen LogP contribution in [0.2, 0.25) is 5.02 Å². The maximum Gasteiger partial charge on any atom is 0.346 e. The summed E-state index contributed by atoms with van der Waals surface area (Å²) in [5.74, 6) is -2.02. The van der Waals surface area contributed by atoms with Gasteiger partial charge in [-0.05, 0) is 52.3 Å². The zero-order valence-electron chi connectivity index (χ0n) is 22.1. The smallest absolute Gasteiger partial charge is 0.346 e. The standard InChI is InChI=1S/C24H29ClF2N2O9S2/c1-15-17(10-9-16(29(31)32)21(15)23(30)38-24(2,3)4)37-18-7-5-8-19(22(18)25)40(35,36)28-20(11-13-27)39(33,34)14-6-12-26/h5,7-10,20,28H,6,11-14H2,1-4H3. The van der Waals surface area contributed by atoms with Crippen LogP contribution in [0.5, 0.6) is 11.5 Å². The predicted molar refractivity (Wildman–Crippen MR) is 144 cm³/mol. The van der Waals surface area contributed by atoms with Crippen molar-refractivity contribution in [3.8, 4) is 11.5 Å². The minimum absolute atomic E-state index is 0.00729. The van der Waals surface area contributed by atoms with E-state index in [4.69, 9.17) is 21.1 Å². The van der Waals surface area contributed by atoms with E-state index in [0.29, 0.717) is 0 Å². The van der Waals surface area contributed by atoms with E-state index in [9.17, 15) is 40.5 Å². The maximum atomic E-state index is 13.1. The van der Waals surface area contributed by atoms with E-state index in [0.717, 1.165) is 12.1 Å². The fourth-order valence-corrected chi connectivity index (χ4v) is 7.33. The fourth-order valence-electron chi connectivity index (χ4n) is 3.47. The number of nitro benzene ring substituents is 1. The number of ether oxygens (including phenoxy) is 2. The molecule has 0 aromatic heterocycles. The van der Waals surface area contributed by atoms with Crippen molar-refractivity contribution < 1.29 is 44.8 Å². The first-order valence-corrected chi connectivity index (χ1v) is 15.4. The van der Waals surface area contributed by atoms with Crippen molar-refractivity contribution in [3.05, 3.63) is 56.6 Å². The summed E-state index contributed by atoms with van der Waals surface area (Å²) in [6, 6.07) is 5.75. The average Bonchev–Trinajstić information content (AvgIpc) is 2.83. The van der Waals surface area contributed by atoms with Gasteiger partial charge in [0.05, 0.1) is 24.0 Å². The molecule has 0 radical (unpaired) electrons. The molecule has 2 aromatic carbocycles. The monoisotopic (exact) mass is 626 g/mol. The Morgan fingerprint density at radius 3 is 2.30 bits per heavy atom. The maximum absolute atomic E-state index is 13.1. The Morgan fingerprint density at radius 2 is 1.75 bits per heavy atom. The van der Waals surface area contributed by atoms with Gasteiger partial charge in [-0.25, -0.2) is 21.6 Å². The van der Waals surface area contributed by atoms with Crippen molar-refractivity contribution in [1.82, 2.24) is 4.72 Å². The predicted octanol–water partition coefficient (Wildman–Crippen LogP) is 5.04. The molecular weight excluding hydrogens is 598 g/mol. The van der Waals surface area contributed by atoms with Crippen LogP contribution < -0.4 is 9.46 Å². The number of nitro groups is 1. The minimum Gasteiger partial charge on any atom is -0.456 e. The number of alkyl halides is 2. The topological polar surface area (TPSA) is 159 Å². The van der Waals surface area contributed by atoms with Gasteiger partial charge in [-0.15, -0.1) is 0 Å². The highest BCUT2D eigenvalue weighted by Crippen LogP contribution is 2.38. The van der Waals surface area contributed by atoms with Crippen molar-refractivity contribution in [3.63, 3.8) is 0 Å². The van der Waals surface area contributed by atoms with Crippen molar-refractivity contribution in [2.45, 2.75) is 56.4 Å². The Balaban J connectivity index is 2.51. The number of nitrogens with zero attached hydrogens (tertiary/aromatic N) is 1. The Bertz CT molecular complexity index is 1480. The molecule has 0 saturated heterocycles. The number of sulfone groups is 1. The third-order valence-electron chi connectivity index (χ3n) is 5.28. The second kappa shape index (κ2) is 13.2. The van der Waals surface area contributed by atoms with Gasteiger partial charge in [0.2, 0.25) is 10.0 Å². The highest BCUT2D eigenvalue weighted by atomic mass is 35.5. The van der Waals surface area contributed by atoms with E-state index in [1.54, 1.807) is 20.8 Å². The van der Waals surface area contributed by atoms with Gasteiger partial charge >= 0.3 is 5.97 Å². The summed E-state index contributed by atoms with van der Waals surface area (Å²) in [4.78, 5) is 23.0. The van der Waals surface area contributed by atoms with Gasteiger partial charge in [0.1, 0.15) is 38.0 Å². The molecule has 0 aliphatic heterocycles. The lowest BCUT2D eigenvalue weighted by Gasteiger charge is -2.21. The Morgan fingerprint density at radius 1 is 1.10 bits per heavy atom. The molecule has 40 heavy (non-hydrogen) atoms. The lowest BCUT2D eigenvalue weighted by Crippen LogP contribution is -2.42. The van der Waals surface area contributed by atoms with Crippen molar-refractivity contribution >= 4 is 43.1 Å². The van der Waals surface area contributed by atoms with E-state index in [2.05, 4.69) is 0 Å². The molecular formula is C24H29ClF2N2O9S2. The summed E-state index contributed by atoms with van der Waals surface area (Å²) in [7, 11) is -8.92. The number of carbonyl (C=O) groups excluding carboxylic acids is 1. The second-order valence-electron chi connectivity index (χ2n) is 9.51. The molecule has 0 saturated carbocycles. The summed E-state index contributed by atoms with van der Waals surface area (Å²) >= 11 is 6.31. The SMILES string of the molecule is Cc1c(Oc2cccc(S(=O)(=O)NC(CCF)S(=O)(=O)CCCF)c2Cl)ccc([N+](=O)[O-])c1C(=O)OC(C)(C)C. The third-order valence-corrected chi connectivity index (χ3v) is 9.53. The molecule has 16 heteroatoms. The number of sulfonamides is 1. The number of nitrogens with one attached hydrogen (secondary N) is 1. The molecule has 0 heterocycles. The Hall–Kier alpha value is -2.88. The van der Waals surface area contributed by atoms with Crippen LogP contribution in [-0.4, -0.2) is 57.8 Å². The lowest BCUT2D eigenvalue weighted by atomic mass is 10.0. The number of carbonyl (C=O) groups is 1. The molecule has 0 fully saturated rings. The fraction of sp³-hybridized carbons (Fsp3) is 0.458. The van der Waals surface area contributed by atoms with Gasteiger partial charge in [0.15, 0.2) is 9.84 Å². The van der Waals surface area contributed by atoms with E-state index in [-0.39, 0.29) is 22.6 Å². The molecule has 1 unspecified atom stereocenters. The van der Waals surface area contributed by atoms with Gasteiger partial charge in [0.25, 0.3) is 5.69 Å². The van der Waals surface area contributed by atoms with E-state index in [1.807, 2.05) is 4.72 Å². The minimum atomic E-state index is -4.67. The number of hydrogen-bond donors (Lipinski definition) is 1. The summed E-state index contributed by atoms with van der Waals surface area (Å²) < 4.78 is 89.6. The molecule has 0 bridgehead atoms. The van der Waals surface area contributed by atoms with Crippen LogP contribution in [0, 0.1) is 17.0 Å². The Labute approximate surface area is 235 Å². The number of halogens is 3. The van der Waals surface area contributed by atoms with Crippen LogP contribution in [0.25, 0.3) is 0 Å². The third kappa shape index (κ3) is 8.32. The summed E-state index contributed by atoms with van der Waals surface area (Å²) in [6.07, 6.45) is -1.10. The van der Waals surface area contributed by atoms with Crippen molar-refractivity contribution in [2.75, 3.05) is 19.1 Å². The molecule has 0 spiro atoms. The summed E-state index contributed by atoms with van der Waals surface area (Å²) in [5, 5.41) is 9.20. The van der Waals surface area contributed by atoms with Crippen LogP contribution >= 0.6 is 11.6 Å². The van der Waals surface area contributed by atoms with E-state index >= 15 is 0 Å². The lowest BCUT2D eigenvalue weighted by molar-refractivity contribution is -0.385. The molecule has 2 rings (SSSR count). The van der Waals surface area contributed by atoms with Crippen LogP contribution in [0.15, 0.2) is 35.2 Å². The van der Waals surface area contributed by atoms with Gasteiger partial charge in [0, 0.05) is 18.1 Å². The largest absolute Gasteiger partial charge is 0.456 e. The van der Waals surface area contributed by atoms with Crippen LogP contribution in [0.3, 0.4) is 0 Å². The van der Waals surface area contributed by atoms with Crippen molar-refractivity contribution in [1.29, 1.82) is 0 Å². The molecule has 0 aliphatic rings. The first-order chi connectivity index (χ1) is 18.4. The molecule has 1 N–H and O–H groups in total. The van der Waals surface area contributed by atoms with Crippen molar-refractivity contribution in [2.24, 2.45) is 0 Å². The quantitative estimate of drug-likeness (QED) is 0.182. The van der Waals surface area contributed by atoms with Gasteiger partial charge in [-0.3, -0.25) is 18.9 Å².